The Hall–Kier alpha value is -1.16. The molecule has 88 valence electrons. The van der Waals surface area contributed by atoms with Crippen molar-refractivity contribution in [1.29, 1.82) is 0 Å². The van der Waals surface area contributed by atoms with Crippen LogP contribution in [0, 0.1) is 0 Å². The van der Waals surface area contributed by atoms with Crippen molar-refractivity contribution in [3.8, 4) is 5.88 Å². The zero-order valence-corrected chi connectivity index (χ0v) is 9.89. The first-order chi connectivity index (χ1) is 7.69. The third-order valence-electron chi connectivity index (χ3n) is 3.18. The average Bonchev–Trinajstić information content (AvgIpc) is 2.27. The van der Waals surface area contributed by atoms with Gasteiger partial charge in [0.05, 0.1) is 18.1 Å². The van der Waals surface area contributed by atoms with E-state index in [0.717, 1.165) is 25.0 Å². The quantitative estimate of drug-likeness (QED) is 0.843. The van der Waals surface area contributed by atoms with E-state index >= 15 is 0 Å². The molecule has 2 N–H and O–H groups in total. The molecule has 1 saturated carbocycles. The summed E-state index contributed by atoms with van der Waals surface area (Å²) in [6.45, 7) is 4.29. The summed E-state index contributed by atoms with van der Waals surface area (Å²) in [7, 11) is 0. The van der Waals surface area contributed by atoms with Gasteiger partial charge in [-0.25, -0.2) is 4.98 Å². The van der Waals surface area contributed by atoms with Gasteiger partial charge in [-0.3, -0.25) is 4.98 Å². The Morgan fingerprint density at radius 2 is 2.19 bits per heavy atom. The van der Waals surface area contributed by atoms with Gasteiger partial charge in [0.15, 0.2) is 0 Å². The molecule has 0 saturated heterocycles. The van der Waals surface area contributed by atoms with Crippen molar-refractivity contribution in [2.45, 2.75) is 51.2 Å². The predicted molar refractivity (Wildman–Crippen MR) is 62.4 cm³/mol. The van der Waals surface area contributed by atoms with E-state index in [2.05, 4.69) is 23.8 Å². The van der Waals surface area contributed by atoms with Gasteiger partial charge < -0.3 is 10.5 Å². The van der Waals surface area contributed by atoms with Gasteiger partial charge in [-0.2, -0.15) is 0 Å². The summed E-state index contributed by atoms with van der Waals surface area (Å²) in [5.74, 6) is 1.07. The summed E-state index contributed by atoms with van der Waals surface area (Å²) in [5.41, 5.74) is 6.72. The second-order valence-corrected chi connectivity index (χ2v) is 4.56. The second kappa shape index (κ2) is 4.78. The van der Waals surface area contributed by atoms with E-state index < -0.39 is 0 Å². The SMILES string of the molecule is CCC(C)c1cnc(O[C@H]2C[C@H](N)C2)cn1. The molecule has 1 heterocycles. The summed E-state index contributed by atoms with van der Waals surface area (Å²) >= 11 is 0. The van der Waals surface area contributed by atoms with Gasteiger partial charge in [0.25, 0.3) is 0 Å². The Bertz CT molecular complexity index is 333. The number of nitrogens with two attached hydrogens (primary N) is 1. The van der Waals surface area contributed by atoms with Gasteiger partial charge in [0.2, 0.25) is 5.88 Å². The van der Waals surface area contributed by atoms with Crippen LogP contribution in [0.4, 0.5) is 0 Å². The van der Waals surface area contributed by atoms with Crippen LogP contribution in [0.1, 0.15) is 44.7 Å². The van der Waals surface area contributed by atoms with Crippen LogP contribution in [0.15, 0.2) is 12.4 Å². The predicted octanol–water partition coefficient (Wildman–Crippen LogP) is 1.86. The summed E-state index contributed by atoms with van der Waals surface area (Å²) in [6.07, 6.45) is 6.68. The minimum atomic E-state index is 0.235. The zero-order valence-electron chi connectivity index (χ0n) is 9.89. The molecule has 2 rings (SSSR count). The summed E-state index contributed by atoms with van der Waals surface area (Å²) < 4.78 is 5.64. The first kappa shape index (κ1) is 11.3. The van der Waals surface area contributed by atoms with Crippen molar-refractivity contribution in [1.82, 2.24) is 9.97 Å². The van der Waals surface area contributed by atoms with Crippen molar-refractivity contribution in [3.63, 3.8) is 0 Å². The van der Waals surface area contributed by atoms with Gasteiger partial charge in [0, 0.05) is 6.04 Å². The monoisotopic (exact) mass is 221 g/mol. The topological polar surface area (TPSA) is 61.0 Å². The van der Waals surface area contributed by atoms with Crippen LogP contribution in [-0.4, -0.2) is 22.1 Å². The van der Waals surface area contributed by atoms with Crippen LogP contribution < -0.4 is 10.5 Å². The number of ether oxygens (including phenoxy) is 1. The summed E-state index contributed by atoms with van der Waals surface area (Å²) in [5, 5.41) is 0. The van der Waals surface area contributed by atoms with Crippen LogP contribution in [0.3, 0.4) is 0 Å². The number of aromatic nitrogens is 2. The van der Waals surface area contributed by atoms with Crippen LogP contribution in [-0.2, 0) is 0 Å². The second-order valence-electron chi connectivity index (χ2n) is 4.56. The number of rotatable bonds is 4. The summed E-state index contributed by atoms with van der Waals surface area (Å²) in [6, 6.07) is 0.303. The van der Waals surface area contributed by atoms with E-state index in [-0.39, 0.29) is 6.10 Å². The lowest BCUT2D eigenvalue weighted by Gasteiger charge is -2.31. The molecular weight excluding hydrogens is 202 g/mol. The minimum absolute atomic E-state index is 0.235. The molecule has 4 heteroatoms. The highest BCUT2D eigenvalue weighted by Gasteiger charge is 2.27. The number of hydrogen-bond acceptors (Lipinski definition) is 4. The fourth-order valence-electron chi connectivity index (χ4n) is 1.72. The molecule has 1 aromatic heterocycles. The van der Waals surface area contributed by atoms with E-state index in [4.69, 9.17) is 10.5 Å². The van der Waals surface area contributed by atoms with E-state index in [9.17, 15) is 0 Å². The smallest absolute Gasteiger partial charge is 0.232 e. The molecule has 1 aliphatic carbocycles. The van der Waals surface area contributed by atoms with Crippen molar-refractivity contribution in [2.75, 3.05) is 0 Å². The molecule has 0 bridgehead atoms. The Balaban J connectivity index is 1.92. The molecule has 0 amide bonds. The van der Waals surface area contributed by atoms with E-state index in [1.807, 2.05) is 6.20 Å². The minimum Gasteiger partial charge on any atom is -0.473 e. The molecule has 0 aliphatic heterocycles. The molecule has 0 spiro atoms. The Morgan fingerprint density at radius 1 is 1.44 bits per heavy atom. The maximum absolute atomic E-state index is 5.69. The zero-order chi connectivity index (χ0) is 11.5. The molecule has 1 unspecified atom stereocenters. The van der Waals surface area contributed by atoms with Gasteiger partial charge >= 0.3 is 0 Å². The first-order valence-electron chi connectivity index (χ1n) is 5.93. The molecule has 1 aromatic rings. The molecule has 1 fully saturated rings. The van der Waals surface area contributed by atoms with E-state index in [1.165, 1.54) is 0 Å². The molecule has 0 radical (unpaired) electrons. The van der Waals surface area contributed by atoms with Crippen LogP contribution in [0.25, 0.3) is 0 Å². The van der Waals surface area contributed by atoms with Gasteiger partial charge in [-0.05, 0) is 25.2 Å². The first-order valence-corrected chi connectivity index (χ1v) is 5.93. The lowest BCUT2D eigenvalue weighted by atomic mass is 9.90. The van der Waals surface area contributed by atoms with Gasteiger partial charge in [-0.15, -0.1) is 0 Å². The van der Waals surface area contributed by atoms with Gasteiger partial charge in [0.1, 0.15) is 6.10 Å². The Kier molecular flexibility index (Phi) is 3.39. The lowest BCUT2D eigenvalue weighted by Crippen LogP contribution is -2.43. The molecule has 4 nitrogen and oxygen atoms in total. The van der Waals surface area contributed by atoms with Crippen molar-refractivity contribution in [3.05, 3.63) is 18.1 Å². The maximum atomic E-state index is 5.69. The fraction of sp³-hybridized carbons (Fsp3) is 0.667. The standard InChI is InChI=1S/C12H19N3O/c1-3-8(2)11-6-15-12(7-14-11)16-10-4-9(13)5-10/h6-10H,3-5,13H2,1-2H3/t8?,9-,10-. The maximum Gasteiger partial charge on any atom is 0.232 e. The van der Waals surface area contributed by atoms with E-state index in [0.29, 0.717) is 17.8 Å². The molecule has 1 aliphatic rings. The third-order valence-corrected chi connectivity index (χ3v) is 3.18. The molecule has 1 atom stereocenters. The normalized spacial score (nSPS) is 25.9. The average molecular weight is 221 g/mol. The van der Waals surface area contributed by atoms with Crippen molar-refractivity contribution >= 4 is 0 Å². The molecular formula is C12H19N3O. The van der Waals surface area contributed by atoms with Crippen LogP contribution in [0.5, 0.6) is 5.88 Å². The van der Waals surface area contributed by atoms with Crippen molar-refractivity contribution < 1.29 is 4.74 Å². The van der Waals surface area contributed by atoms with Gasteiger partial charge in [-0.1, -0.05) is 13.8 Å². The highest BCUT2D eigenvalue weighted by Crippen LogP contribution is 2.23. The van der Waals surface area contributed by atoms with Crippen LogP contribution >= 0.6 is 0 Å². The Morgan fingerprint density at radius 3 is 2.69 bits per heavy atom. The molecule has 0 aromatic carbocycles. The number of nitrogens with zero attached hydrogens (tertiary/aromatic N) is 2. The highest BCUT2D eigenvalue weighted by atomic mass is 16.5. The largest absolute Gasteiger partial charge is 0.473 e. The number of hydrogen-bond donors (Lipinski definition) is 1. The van der Waals surface area contributed by atoms with E-state index in [1.54, 1.807) is 6.20 Å². The van der Waals surface area contributed by atoms with Crippen molar-refractivity contribution in [2.24, 2.45) is 5.73 Å². The third kappa shape index (κ3) is 2.50. The molecule has 16 heavy (non-hydrogen) atoms. The van der Waals surface area contributed by atoms with Crippen LogP contribution in [0.2, 0.25) is 0 Å². The fourth-order valence-corrected chi connectivity index (χ4v) is 1.72. The lowest BCUT2D eigenvalue weighted by molar-refractivity contribution is 0.0953. The Labute approximate surface area is 96.2 Å². The summed E-state index contributed by atoms with van der Waals surface area (Å²) in [4.78, 5) is 8.63. The highest BCUT2D eigenvalue weighted by molar-refractivity contribution is 5.11.